The molecule has 0 spiro atoms. The highest BCUT2D eigenvalue weighted by atomic mass is 35.5. The minimum Gasteiger partial charge on any atom is -0.364 e. The highest BCUT2D eigenvalue weighted by Gasteiger charge is 2.09. The summed E-state index contributed by atoms with van der Waals surface area (Å²) in [5.41, 5.74) is 7.31. The second-order valence-corrected chi connectivity index (χ2v) is 3.93. The molecule has 0 aromatic heterocycles. The molecule has 0 saturated carbocycles. The number of anilines is 1. The van der Waals surface area contributed by atoms with E-state index in [1.807, 2.05) is 25.2 Å². The van der Waals surface area contributed by atoms with Crippen LogP contribution in [0.15, 0.2) is 18.2 Å². The van der Waals surface area contributed by atoms with E-state index in [4.69, 9.17) is 17.3 Å². The number of amides is 1. The maximum atomic E-state index is 11.2. The van der Waals surface area contributed by atoms with Crippen molar-refractivity contribution in [3.05, 3.63) is 28.8 Å². The van der Waals surface area contributed by atoms with Crippen LogP contribution in [0.3, 0.4) is 0 Å². The van der Waals surface area contributed by atoms with Gasteiger partial charge >= 0.3 is 0 Å². The molecular formula is C11H16ClN3O. The molecule has 3 N–H and O–H groups in total. The fourth-order valence-electron chi connectivity index (χ4n) is 1.37. The third kappa shape index (κ3) is 3.12. The predicted molar refractivity (Wildman–Crippen MR) is 66.7 cm³/mol. The Balaban J connectivity index is 2.83. The average molecular weight is 242 g/mol. The van der Waals surface area contributed by atoms with Gasteiger partial charge in [0.1, 0.15) is 0 Å². The molecule has 0 aliphatic heterocycles. The normalized spacial score (nSPS) is 10.0. The van der Waals surface area contributed by atoms with Crippen LogP contribution < -0.4 is 16.0 Å². The molecule has 0 radical (unpaired) electrons. The summed E-state index contributed by atoms with van der Waals surface area (Å²) in [7, 11) is 3.42. The van der Waals surface area contributed by atoms with Gasteiger partial charge in [0.15, 0.2) is 0 Å². The lowest BCUT2D eigenvalue weighted by Crippen LogP contribution is -2.33. The predicted octanol–water partition coefficient (Wildman–Crippen LogP) is 0.981. The number of halogens is 1. The number of carbonyl (C=O) groups excluding carboxylic acids is 1. The first-order valence-corrected chi connectivity index (χ1v) is 5.36. The third-order valence-electron chi connectivity index (χ3n) is 2.32. The molecule has 0 fully saturated rings. The van der Waals surface area contributed by atoms with Gasteiger partial charge in [-0.05, 0) is 17.7 Å². The standard InChI is InChI=1S/C11H16ClN3O/c1-14-11(16)7-15(2)10-4-3-8(6-13)5-9(10)12/h3-5H,6-7,13H2,1-2H3,(H,14,16). The van der Waals surface area contributed by atoms with Crippen molar-refractivity contribution in [2.75, 3.05) is 25.5 Å². The fourth-order valence-corrected chi connectivity index (χ4v) is 1.71. The molecule has 0 unspecified atom stereocenters. The highest BCUT2D eigenvalue weighted by Crippen LogP contribution is 2.25. The van der Waals surface area contributed by atoms with Gasteiger partial charge in [-0.2, -0.15) is 0 Å². The Hall–Kier alpha value is -1.26. The topological polar surface area (TPSA) is 58.4 Å². The zero-order valence-corrected chi connectivity index (χ0v) is 10.2. The first kappa shape index (κ1) is 12.8. The smallest absolute Gasteiger partial charge is 0.239 e. The summed E-state index contributed by atoms with van der Waals surface area (Å²) in [5, 5.41) is 3.17. The molecule has 1 amide bonds. The molecule has 5 heteroatoms. The van der Waals surface area contributed by atoms with Crippen LogP contribution in [0.4, 0.5) is 5.69 Å². The van der Waals surface area contributed by atoms with Crippen LogP contribution >= 0.6 is 11.6 Å². The molecule has 1 aromatic rings. The molecule has 0 bridgehead atoms. The summed E-state index contributed by atoms with van der Waals surface area (Å²) in [6.45, 7) is 0.733. The fraction of sp³-hybridized carbons (Fsp3) is 0.364. The SMILES string of the molecule is CNC(=O)CN(C)c1ccc(CN)cc1Cl. The largest absolute Gasteiger partial charge is 0.364 e. The minimum absolute atomic E-state index is 0.0542. The number of nitrogens with two attached hydrogens (primary N) is 1. The van der Waals surface area contributed by atoms with Crippen LogP contribution in [0.25, 0.3) is 0 Å². The summed E-state index contributed by atoms with van der Waals surface area (Å²) < 4.78 is 0. The van der Waals surface area contributed by atoms with Crippen LogP contribution in [-0.4, -0.2) is 26.5 Å². The highest BCUT2D eigenvalue weighted by molar-refractivity contribution is 6.33. The van der Waals surface area contributed by atoms with Crippen LogP contribution in [0.1, 0.15) is 5.56 Å². The van der Waals surface area contributed by atoms with Gasteiger partial charge in [0.25, 0.3) is 0 Å². The van der Waals surface area contributed by atoms with Gasteiger partial charge in [-0.3, -0.25) is 4.79 Å². The van der Waals surface area contributed by atoms with Gasteiger partial charge in [-0.15, -0.1) is 0 Å². The molecule has 1 rings (SSSR count). The maximum Gasteiger partial charge on any atom is 0.239 e. The lowest BCUT2D eigenvalue weighted by Gasteiger charge is -2.19. The lowest BCUT2D eigenvalue weighted by atomic mass is 10.2. The average Bonchev–Trinajstić information content (AvgIpc) is 2.28. The minimum atomic E-state index is -0.0542. The van der Waals surface area contributed by atoms with Crippen LogP contribution in [0.2, 0.25) is 5.02 Å². The molecule has 1 aromatic carbocycles. The van der Waals surface area contributed by atoms with Crippen LogP contribution in [-0.2, 0) is 11.3 Å². The first-order valence-electron chi connectivity index (χ1n) is 4.98. The Kier molecular flexibility index (Phi) is 4.58. The summed E-state index contributed by atoms with van der Waals surface area (Å²) >= 11 is 6.10. The molecule has 0 aliphatic carbocycles. The van der Waals surface area contributed by atoms with Gasteiger partial charge in [0.2, 0.25) is 5.91 Å². The van der Waals surface area contributed by atoms with Gasteiger partial charge in [-0.25, -0.2) is 0 Å². The zero-order valence-electron chi connectivity index (χ0n) is 9.46. The Morgan fingerprint density at radius 2 is 2.25 bits per heavy atom. The van der Waals surface area contributed by atoms with E-state index in [9.17, 15) is 4.79 Å². The van der Waals surface area contributed by atoms with E-state index in [1.165, 1.54) is 0 Å². The quantitative estimate of drug-likeness (QED) is 0.826. The van der Waals surface area contributed by atoms with Crippen molar-refractivity contribution < 1.29 is 4.79 Å². The van der Waals surface area contributed by atoms with Crippen molar-refractivity contribution in [1.29, 1.82) is 0 Å². The number of nitrogens with zero attached hydrogens (tertiary/aromatic N) is 1. The number of nitrogens with one attached hydrogen (secondary N) is 1. The molecule has 0 heterocycles. The summed E-state index contributed by atoms with van der Waals surface area (Å²) in [6, 6.07) is 5.59. The van der Waals surface area contributed by atoms with Gasteiger partial charge < -0.3 is 16.0 Å². The van der Waals surface area contributed by atoms with Crippen LogP contribution in [0.5, 0.6) is 0 Å². The first-order chi connectivity index (χ1) is 7.58. The third-order valence-corrected chi connectivity index (χ3v) is 2.62. The van der Waals surface area contributed by atoms with E-state index in [2.05, 4.69) is 5.32 Å². The van der Waals surface area contributed by atoms with Gasteiger partial charge in [0, 0.05) is 20.6 Å². The van der Waals surface area contributed by atoms with E-state index < -0.39 is 0 Å². The monoisotopic (exact) mass is 241 g/mol. The Morgan fingerprint density at radius 1 is 1.56 bits per heavy atom. The second-order valence-electron chi connectivity index (χ2n) is 3.52. The van der Waals surface area contributed by atoms with Gasteiger partial charge in [0.05, 0.1) is 17.3 Å². The van der Waals surface area contributed by atoms with Crippen LogP contribution in [0, 0.1) is 0 Å². The number of carbonyl (C=O) groups is 1. The summed E-state index contributed by atoms with van der Waals surface area (Å²) in [4.78, 5) is 13.0. The molecule has 0 atom stereocenters. The second kappa shape index (κ2) is 5.72. The van der Waals surface area contributed by atoms with E-state index in [0.29, 0.717) is 11.6 Å². The summed E-state index contributed by atoms with van der Waals surface area (Å²) in [6.07, 6.45) is 0. The Morgan fingerprint density at radius 3 is 2.75 bits per heavy atom. The summed E-state index contributed by atoms with van der Waals surface area (Å²) in [5.74, 6) is -0.0542. The molecular weight excluding hydrogens is 226 g/mol. The molecule has 0 saturated heterocycles. The Bertz CT molecular complexity index is 381. The zero-order chi connectivity index (χ0) is 12.1. The van der Waals surface area contributed by atoms with Crippen molar-refractivity contribution in [1.82, 2.24) is 5.32 Å². The van der Waals surface area contributed by atoms with Crippen molar-refractivity contribution in [3.8, 4) is 0 Å². The van der Waals surface area contributed by atoms with E-state index in [0.717, 1.165) is 11.3 Å². The molecule has 88 valence electrons. The van der Waals surface area contributed by atoms with E-state index in [1.54, 1.807) is 11.9 Å². The van der Waals surface area contributed by atoms with Crippen molar-refractivity contribution >= 4 is 23.2 Å². The molecule has 4 nitrogen and oxygen atoms in total. The lowest BCUT2D eigenvalue weighted by molar-refractivity contribution is -0.119. The van der Waals surface area contributed by atoms with E-state index >= 15 is 0 Å². The maximum absolute atomic E-state index is 11.2. The van der Waals surface area contributed by atoms with Crippen molar-refractivity contribution in [3.63, 3.8) is 0 Å². The number of benzene rings is 1. The Labute approximate surface area is 100 Å². The van der Waals surface area contributed by atoms with Crippen molar-refractivity contribution in [2.45, 2.75) is 6.54 Å². The van der Waals surface area contributed by atoms with Crippen molar-refractivity contribution in [2.24, 2.45) is 5.73 Å². The van der Waals surface area contributed by atoms with Gasteiger partial charge in [-0.1, -0.05) is 17.7 Å². The number of rotatable bonds is 4. The molecule has 0 aliphatic rings. The number of likely N-dealkylation sites (N-methyl/N-ethyl adjacent to an activating group) is 2. The van der Waals surface area contributed by atoms with E-state index in [-0.39, 0.29) is 12.5 Å². The molecule has 16 heavy (non-hydrogen) atoms. The number of hydrogen-bond acceptors (Lipinski definition) is 3. The number of hydrogen-bond donors (Lipinski definition) is 2.